The predicted octanol–water partition coefficient (Wildman–Crippen LogP) is 3.59. The normalized spacial score (nSPS) is 13.3. The molecular formula is C22H18FN5O. The summed E-state index contributed by atoms with van der Waals surface area (Å²) in [5.41, 5.74) is 2.53. The van der Waals surface area contributed by atoms with E-state index in [0.29, 0.717) is 11.4 Å². The molecule has 2 N–H and O–H groups in total. The number of amides is 1. The molecular weight excluding hydrogens is 369 g/mol. The highest BCUT2D eigenvalue weighted by molar-refractivity contribution is 6.04. The van der Waals surface area contributed by atoms with E-state index in [1.165, 1.54) is 24.3 Å². The van der Waals surface area contributed by atoms with E-state index in [1.807, 2.05) is 18.3 Å². The fraction of sp³-hybridized carbons (Fsp3) is 0.136. The molecule has 0 saturated heterocycles. The van der Waals surface area contributed by atoms with E-state index in [4.69, 9.17) is 0 Å². The maximum absolute atomic E-state index is 13.1. The summed E-state index contributed by atoms with van der Waals surface area (Å²) in [6.45, 7) is 2.59. The molecule has 6 nitrogen and oxygen atoms in total. The van der Waals surface area contributed by atoms with Gasteiger partial charge in [-0.05, 0) is 41.8 Å². The van der Waals surface area contributed by atoms with Gasteiger partial charge >= 0.3 is 0 Å². The van der Waals surface area contributed by atoms with E-state index in [2.05, 4.69) is 37.3 Å². The van der Waals surface area contributed by atoms with Crippen molar-refractivity contribution in [2.45, 2.75) is 13.1 Å². The van der Waals surface area contributed by atoms with E-state index in [9.17, 15) is 9.18 Å². The summed E-state index contributed by atoms with van der Waals surface area (Å²) in [5, 5.41) is 8.05. The van der Waals surface area contributed by atoms with Crippen LogP contribution in [0.4, 0.5) is 10.2 Å². The van der Waals surface area contributed by atoms with Gasteiger partial charge in [0.2, 0.25) is 0 Å². The average molecular weight is 387 g/mol. The Labute approximate surface area is 166 Å². The number of fused-ring (bicyclic) bond motifs is 2. The van der Waals surface area contributed by atoms with E-state index < -0.39 is 0 Å². The van der Waals surface area contributed by atoms with Crippen LogP contribution >= 0.6 is 0 Å². The highest BCUT2D eigenvalue weighted by atomic mass is 19.1. The second-order valence-electron chi connectivity index (χ2n) is 6.98. The topological polar surface area (TPSA) is 71.8 Å². The van der Waals surface area contributed by atoms with Gasteiger partial charge in [0.1, 0.15) is 17.5 Å². The highest BCUT2D eigenvalue weighted by Crippen LogP contribution is 2.27. The summed E-state index contributed by atoms with van der Waals surface area (Å²) in [7, 11) is 0. The monoisotopic (exact) mass is 387 g/mol. The van der Waals surface area contributed by atoms with Gasteiger partial charge < -0.3 is 15.2 Å². The molecule has 0 unspecified atom stereocenters. The smallest absolute Gasteiger partial charge is 0.256 e. The Bertz CT molecular complexity index is 1220. The maximum atomic E-state index is 13.1. The Morgan fingerprint density at radius 2 is 1.90 bits per heavy atom. The number of rotatable bonds is 3. The van der Waals surface area contributed by atoms with Gasteiger partial charge in [-0.1, -0.05) is 12.1 Å². The van der Waals surface area contributed by atoms with Crippen LogP contribution < -0.4 is 10.6 Å². The predicted molar refractivity (Wildman–Crippen MR) is 109 cm³/mol. The van der Waals surface area contributed by atoms with Gasteiger partial charge in [0.25, 0.3) is 5.91 Å². The fourth-order valence-corrected chi connectivity index (χ4v) is 3.58. The Morgan fingerprint density at radius 1 is 1.03 bits per heavy atom. The molecule has 29 heavy (non-hydrogen) atoms. The van der Waals surface area contributed by atoms with Crippen molar-refractivity contribution in [2.75, 3.05) is 11.9 Å². The van der Waals surface area contributed by atoms with Crippen LogP contribution in [0.1, 0.15) is 16.2 Å². The molecule has 0 saturated carbocycles. The van der Waals surface area contributed by atoms with Crippen molar-refractivity contribution in [1.82, 2.24) is 19.9 Å². The number of benzene rings is 2. The number of aromatic nitrogens is 3. The van der Waals surface area contributed by atoms with Gasteiger partial charge in [0, 0.05) is 35.8 Å². The van der Waals surface area contributed by atoms with E-state index in [-0.39, 0.29) is 11.7 Å². The number of hydrogen-bond donors (Lipinski definition) is 2. The van der Waals surface area contributed by atoms with Crippen molar-refractivity contribution >= 4 is 22.5 Å². The second-order valence-corrected chi connectivity index (χ2v) is 6.98. The number of nitrogens with one attached hydrogen (secondary N) is 2. The quantitative estimate of drug-likeness (QED) is 0.564. The van der Waals surface area contributed by atoms with E-state index >= 15 is 0 Å². The van der Waals surface area contributed by atoms with E-state index in [0.717, 1.165) is 47.5 Å². The van der Waals surface area contributed by atoms with Crippen molar-refractivity contribution in [3.05, 3.63) is 78.1 Å². The number of imidazole rings is 1. The summed E-state index contributed by atoms with van der Waals surface area (Å²) in [4.78, 5) is 21.2. The molecule has 0 fully saturated rings. The number of pyridine rings is 1. The SMILES string of the molecule is O=C(Nc1cc2cc(-c3cnc4n3CCNC4)ccc2cn1)c1ccc(F)cc1. The highest BCUT2D eigenvalue weighted by Gasteiger charge is 2.15. The Hall–Kier alpha value is -3.58. The zero-order valence-corrected chi connectivity index (χ0v) is 15.5. The largest absolute Gasteiger partial charge is 0.326 e. The molecule has 0 atom stereocenters. The second kappa shape index (κ2) is 7.10. The Kier molecular flexibility index (Phi) is 4.29. The van der Waals surface area contributed by atoms with Gasteiger partial charge in [-0.15, -0.1) is 0 Å². The fourth-order valence-electron chi connectivity index (χ4n) is 3.58. The zero-order chi connectivity index (χ0) is 19.8. The number of carbonyl (C=O) groups excluding carboxylic acids is 1. The lowest BCUT2D eigenvalue weighted by Gasteiger charge is -2.17. The van der Waals surface area contributed by atoms with Crippen molar-refractivity contribution in [3.63, 3.8) is 0 Å². The molecule has 3 heterocycles. The molecule has 0 spiro atoms. The molecule has 0 bridgehead atoms. The molecule has 0 radical (unpaired) electrons. The number of nitrogens with zero attached hydrogens (tertiary/aromatic N) is 3. The molecule has 1 amide bonds. The average Bonchev–Trinajstić information content (AvgIpc) is 3.18. The maximum Gasteiger partial charge on any atom is 0.256 e. The van der Waals surface area contributed by atoms with Gasteiger partial charge in [0.05, 0.1) is 18.4 Å². The van der Waals surface area contributed by atoms with Crippen LogP contribution in [-0.4, -0.2) is 27.0 Å². The summed E-state index contributed by atoms with van der Waals surface area (Å²) < 4.78 is 15.3. The van der Waals surface area contributed by atoms with Crippen LogP contribution in [0.25, 0.3) is 22.0 Å². The number of hydrogen-bond acceptors (Lipinski definition) is 4. The third-order valence-corrected chi connectivity index (χ3v) is 5.10. The summed E-state index contributed by atoms with van der Waals surface area (Å²) in [6.07, 6.45) is 3.64. The Balaban J connectivity index is 1.46. The third-order valence-electron chi connectivity index (χ3n) is 5.10. The first kappa shape index (κ1) is 17.5. The van der Waals surface area contributed by atoms with Crippen molar-refractivity contribution < 1.29 is 9.18 Å². The standard InChI is InChI=1S/C22H18FN5O/c23-18-5-3-14(4-6-18)22(29)27-20-10-17-9-15(1-2-16(17)11-25-20)19-12-26-21-13-24-7-8-28(19)21/h1-6,9-12,24H,7-8,13H2,(H,25,27,29). The van der Waals surface area contributed by atoms with Gasteiger partial charge in [-0.2, -0.15) is 0 Å². The molecule has 5 rings (SSSR count). The molecule has 1 aliphatic heterocycles. The number of carbonyl (C=O) groups is 1. The minimum absolute atomic E-state index is 0.328. The lowest BCUT2D eigenvalue weighted by atomic mass is 10.1. The van der Waals surface area contributed by atoms with Gasteiger partial charge in [0.15, 0.2) is 0 Å². The van der Waals surface area contributed by atoms with Crippen LogP contribution in [0.15, 0.2) is 60.9 Å². The summed E-state index contributed by atoms with van der Waals surface area (Å²) in [6, 6.07) is 13.4. The summed E-state index contributed by atoms with van der Waals surface area (Å²) >= 11 is 0. The first-order chi connectivity index (χ1) is 14.2. The van der Waals surface area contributed by atoms with Gasteiger partial charge in [-0.3, -0.25) is 4.79 Å². The van der Waals surface area contributed by atoms with Crippen LogP contribution in [-0.2, 0) is 13.1 Å². The molecule has 2 aromatic carbocycles. The van der Waals surface area contributed by atoms with Crippen molar-refractivity contribution in [2.24, 2.45) is 0 Å². The molecule has 144 valence electrons. The first-order valence-electron chi connectivity index (χ1n) is 9.39. The minimum Gasteiger partial charge on any atom is -0.326 e. The molecule has 2 aromatic heterocycles. The zero-order valence-electron chi connectivity index (χ0n) is 15.5. The third kappa shape index (κ3) is 3.36. The molecule has 1 aliphatic rings. The lowest BCUT2D eigenvalue weighted by molar-refractivity contribution is 0.102. The number of halogens is 1. The van der Waals surface area contributed by atoms with Crippen LogP contribution in [0.5, 0.6) is 0 Å². The molecule has 0 aliphatic carbocycles. The Morgan fingerprint density at radius 3 is 2.76 bits per heavy atom. The van der Waals surface area contributed by atoms with Crippen LogP contribution in [0.3, 0.4) is 0 Å². The molecule has 4 aromatic rings. The van der Waals surface area contributed by atoms with E-state index in [1.54, 1.807) is 6.20 Å². The first-order valence-corrected chi connectivity index (χ1v) is 9.39. The van der Waals surface area contributed by atoms with Crippen molar-refractivity contribution in [1.29, 1.82) is 0 Å². The summed E-state index contributed by atoms with van der Waals surface area (Å²) in [5.74, 6) is 0.776. The minimum atomic E-state index is -0.379. The van der Waals surface area contributed by atoms with Crippen molar-refractivity contribution in [3.8, 4) is 11.3 Å². The molecule has 7 heteroatoms. The lowest BCUT2D eigenvalue weighted by Crippen LogP contribution is -2.28. The van der Waals surface area contributed by atoms with Crippen LogP contribution in [0.2, 0.25) is 0 Å². The van der Waals surface area contributed by atoms with Crippen LogP contribution in [0, 0.1) is 5.82 Å². The number of anilines is 1. The van der Waals surface area contributed by atoms with Gasteiger partial charge in [-0.25, -0.2) is 14.4 Å².